The summed E-state index contributed by atoms with van der Waals surface area (Å²) in [4.78, 5) is 16.4. The topological polar surface area (TPSA) is 130 Å². The third-order valence-corrected chi connectivity index (χ3v) is 5.68. The molecule has 0 atom stereocenters. The second-order valence-corrected chi connectivity index (χ2v) is 7.54. The molecule has 128 valence electrons. The summed E-state index contributed by atoms with van der Waals surface area (Å²) in [6.07, 6.45) is 1.36. The third-order valence-electron chi connectivity index (χ3n) is 3.32. The monoisotopic (exact) mass is 416 g/mol. The highest BCUT2D eigenvalue weighted by atomic mass is 79.9. The first-order valence-corrected chi connectivity index (χ1v) is 9.00. The normalized spacial score (nSPS) is 12.1. The van der Waals surface area contributed by atoms with Crippen molar-refractivity contribution >= 4 is 37.0 Å². The van der Waals surface area contributed by atoms with Gasteiger partial charge in [0.2, 0.25) is 10.0 Å². The first kappa shape index (κ1) is 16.9. The molecule has 3 rings (SSSR count). The van der Waals surface area contributed by atoms with Crippen LogP contribution in [0.15, 0.2) is 37.1 Å². The van der Waals surface area contributed by atoms with Crippen LogP contribution in [0.3, 0.4) is 0 Å². The molecule has 0 saturated carbocycles. The number of imidazole rings is 1. The van der Waals surface area contributed by atoms with Crippen LogP contribution in [-0.2, 0) is 27.9 Å². The zero-order chi connectivity index (χ0) is 17.3. The minimum atomic E-state index is -3.82. The van der Waals surface area contributed by atoms with Crippen molar-refractivity contribution in [3.8, 4) is 0 Å². The van der Waals surface area contributed by atoms with E-state index in [1.54, 1.807) is 0 Å². The lowest BCUT2D eigenvalue weighted by atomic mass is 10.2. The van der Waals surface area contributed by atoms with Crippen molar-refractivity contribution in [1.82, 2.24) is 19.8 Å². The van der Waals surface area contributed by atoms with Crippen LogP contribution in [0.4, 0.5) is 0 Å². The van der Waals surface area contributed by atoms with Crippen LogP contribution >= 0.6 is 15.9 Å². The minimum Gasteiger partial charge on any atom is -0.378 e. The predicted molar refractivity (Wildman–Crippen MR) is 87.9 cm³/mol. The summed E-state index contributed by atoms with van der Waals surface area (Å²) >= 11 is 3.21. The van der Waals surface area contributed by atoms with Crippen molar-refractivity contribution in [1.29, 1.82) is 0 Å². The van der Waals surface area contributed by atoms with Gasteiger partial charge in [-0.2, -0.15) is 0 Å². The van der Waals surface area contributed by atoms with E-state index in [2.05, 4.69) is 35.8 Å². The third kappa shape index (κ3) is 3.29. The van der Waals surface area contributed by atoms with Gasteiger partial charge in [-0.15, -0.1) is 0 Å². The average molecular weight is 417 g/mol. The fourth-order valence-electron chi connectivity index (χ4n) is 2.17. The summed E-state index contributed by atoms with van der Waals surface area (Å²) in [6.45, 7) is 0.215. The Morgan fingerprint density at radius 3 is 2.75 bits per heavy atom. The van der Waals surface area contributed by atoms with Gasteiger partial charge in [-0.1, -0.05) is 5.16 Å². The number of aromatic nitrogens is 3. The van der Waals surface area contributed by atoms with Crippen molar-refractivity contribution in [3.05, 3.63) is 44.6 Å². The lowest BCUT2D eigenvalue weighted by Gasteiger charge is -2.08. The first-order chi connectivity index (χ1) is 11.4. The quantitative estimate of drug-likeness (QED) is 0.553. The number of hydrogen-bond donors (Lipinski definition) is 3. The van der Waals surface area contributed by atoms with Gasteiger partial charge in [-0.05, 0) is 28.1 Å². The second-order valence-electron chi connectivity index (χ2n) is 4.95. The number of halogens is 1. The molecule has 2 aromatic heterocycles. The lowest BCUT2D eigenvalue weighted by Crippen LogP contribution is -2.24. The van der Waals surface area contributed by atoms with Crippen molar-refractivity contribution in [2.45, 2.75) is 18.0 Å². The Morgan fingerprint density at radius 1 is 1.33 bits per heavy atom. The van der Waals surface area contributed by atoms with Gasteiger partial charge >= 0.3 is 5.69 Å². The van der Waals surface area contributed by atoms with Crippen LogP contribution in [0.25, 0.3) is 11.0 Å². The van der Waals surface area contributed by atoms with E-state index in [0.29, 0.717) is 26.8 Å². The zero-order valence-corrected chi connectivity index (χ0v) is 14.8. The van der Waals surface area contributed by atoms with E-state index < -0.39 is 15.7 Å². The minimum absolute atomic E-state index is 0.00133. The number of benzene rings is 1. The van der Waals surface area contributed by atoms with Gasteiger partial charge in [0.25, 0.3) is 0 Å². The SMILES string of the molecule is COCc1nocc1CNS(=O)(=O)c1cc2[nH]c(=O)[nH]c2cc1Br. The summed E-state index contributed by atoms with van der Waals surface area (Å²) in [5, 5.41) is 3.75. The van der Waals surface area contributed by atoms with Crippen LogP contribution in [0, 0.1) is 0 Å². The van der Waals surface area contributed by atoms with E-state index >= 15 is 0 Å². The molecule has 0 saturated heterocycles. The number of methoxy groups -OCH3 is 1. The van der Waals surface area contributed by atoms with Gasteiger partial charge in [0.05, 0.1) is 22.5 Å². The number of hydrogen-bond acceptors (Lipinski definition) is 6. The smallest absolute Gasteiger partial charge is 0.323 e. The average Bonchev–Trinajstić information content (AvgIpc) is 3.10. The van der Waals surface area contributed by atoms with Crippen LogP contribution in [0.2, 0.25) is 0 Å². The Morgan fingerprint density at radius 2 is 2.04 bits per heavy atom. The molecule has 9 nitrogen and oxygen atoms in total. The van der Waals surface area contributed by atoms with E-state index in [1.807, 2.05) is 0 Å². The van der Waals surface area contributed by atoms with E-state index in [0.717, 1.165) is 0 Å². The van der Waals surface area contributed by atoms with Crippen LogP contribution in [0.1, 0.15) is 11.3 Å². The van der Waals surface area contributed by atoms with Gasteiger partial charge in [0.1, 0.15) is 12.0 Å². The van der Waals surface area contributed by atoms with Crippen LogP contribution < -0.4 is 10.4 Å². The summed E-state index contributed by atoms with van der Waals surface area (Å²) in [5.41, 5.74) is 1.59. The number of nitrogens with one attached hydrogen (secondary N) is 3. The molecule has 0 aliphatic carbocycles. The highest BCUT2D eigenvalue weighted by Gasteiger charge is 2.20. The largest absolute Gasteiger partial charge is 0.378 e. The Labute approximate surface area is 144 Å². The Balaban J connectivity index is 1.88. The highest BCUT2D eigenvalue weighted by Crippen LogP contribution is 2.26. The molecule has 0 unspecified atom stereocenters. The Bertz CT molecular complexity index is 1040. The maximum atomic E-state index is 12.5. The summed E-state index contributed by atoms with van der Waals surface area (Å²) in [5.74, 6) is 0. The number of rotatable bonds is 6. The first-order valence-electron chi connectivity index (χ1n) is 6.73. The summed E-state index contributed by atoms with van der Waals surface area (Å²) < 4.78 is 37.7. The summed E-state index contributed by atoms with van der Waals surface area (Å²) in [7, 11) is -2.32. The molecule has 0 amide bonds. The van der Waals surface area contributed by atoms with Gasteiger partial charge < -0.3 is 19.2 Å². The van der Waals surface area contributed by atoms with Crippen LogP contribution in [0.5, 0.6) is 0 Å². The van der Waals surface area contributed by atoms with Gasteiger partial charge in [-0.25, -0.2) is 17.9 Å². The molecule has 0 radical (unpaired) electrons. The predicted octanol–water partition coefficient (Wildman–Crippen LogP) is 1.23. The Hall–Kier alpha value is -1.95. The molecule has 0 fully saturated rings. The van der Waals surface area contributed by atoms with E-state index in [9.17, 15) is 13.2 Å². The zero-order valence-electron chi connectivity index (χ0n) is 12.4. The van der Waals surface area contributed by atoms with Gasteiger partial charge in [0, 0.05) is 23.7 Å². The van der Waals surface area contributed by atoms with Crippen molar-refractivity contribution in [2.75, 3.05) is 7.11 Å². The lowest BCUT2D eigenvalue weighted by molar-refractivity contribution is 0.176. The molecule has 1 aromatic carbocycles. The second kappa shape index (κ2) is 6.51. The van der Waals surface area contributed by atoms with Gasteiger partial charge in [-0.3, -0.25) is 0 Å². The molecule has 0 aliphatic rings. The molecule has 3 aromatic rings. The molecule has 3 N–H and O–H groups in total. The number of sulfonamides is 1. The molecule has 0 bridgehead atoms. The molecule has 0 spiro atoms. The molecule has 0 aliphatic heterocycles. The number of aromatic amines is 2. The standard InChI is InChI=1S/C13H13BrN4O5S/c1-22-6-11-7(5-23-18-11)4-15-24(20,21)12-3-10-9(2-8(12)14)16-13(19)17-10/h2-3,5,15H,4,6H2,1H3,(H2,16,17,19). The van der Waals surface area contributed by atoms with Gasteiger partial charge in [0.15, 0.2) is 0 Å². The number of nitrogens with zero attached hydrogens (tertiary/aromatic N) is 1. The maximum Gasteiger partial charge on any atom is 0.323 e. The highest BCUT2D eigenvalue weighted by molar-refractivity contribution is 9.10. The Kier molecular flexibility index (Phi) is 4.58. The number of fused-ring (bicyclic) bond motifs is 1. The van der Waals surface area contributed by atoms with Crippen LogP contribution in [-0.4, -0.2) is 30.7 Å². The summed E-state index contributed by atoms with van der Waals surface area (Å²) in [6, 6.07) is 2.90. The molecule has 24 heavy (non-hydrogen) atoms. The molecule has 11 heteroatoms. The van der Waals surface area contributed by atoms with E-state index in [1.165, 1.54) is 25.5 Å². The molecule has 2 heterocycles. The fourth-order valence-corrected chi connectivity index (χ4v) is 4.24. The van der Waals surface area contributed by atoms with Crippen molar-refractivity contribution < 1.29 is 17.7 Å². The molecular weight excluding hydrogens is 404 g/mol. The number of H-pyrrole nitrogens is 2. The van der Waals surface area contributed by atoms with Crippen molar-refractivity contribution in [3.63, 3.8) is 0 Å². The van der Waals surface area contributed by atoms with E-state index in [4.69, 9.17) is 9.26 Å². The molecular formula is C13H13BrN4O5S. The van der Waals surface area contributed by atoms with Crippen molar-refractivity contribution in [2.24, 2.45) is 0 Å². The fraction of sp³-hybridized carbons (Fsp3) is 0.231. The van der Waals surface area contributed by atoms with E-state index in [-0.39, 0.29) is 18.0 Å². The maximum absolute atomic E-state index is 12.5. The number of ether oxygens (including phenoxy) is 1.